The van der Waals surface area contributed by atoms with Gasteiger partial charge in [0.25, 0.3) is 11.9 Å². The molecule has 0 saturated heterocycles. The summed E-state index contributed by atoms with van der Waals surface area (Å²) in [7, 11) is 0. The Balaban J connectivity index is 1.42. The number of benzene rings is 2. The zero-order valence-electron chi connectivity index (χ0n) is 14.6. The van der Waals surface area contributed by atoms with Crippen molar-refractivity contribution in [1.29, 1.82) is 0 Å². The second-order valence-corrected chi connectivity index (χ2v) is 6.40. The number of nitrogens with zero attached hydrogens (tertiary/aromatic N) is 3. The van der Waals surface area contributed by atoms with Crippen molar-refractivity contribution in [2.45, 2.75) is 12.5 Å². The second kappa shape index (κ2) is 6.38. The Morgan fingerprint density at radius 2 is 1.96 bits per heavy atom. The fourth-order valence-electron chi connectivity index (χ4n) is 3.26. The average molecular weight is 377 g/mol. The van der Waals surface area contributed by atoms with Crippen molar-refractivity contribution in [1.82, 2.24) is 14.8 Å². The van der Waals surface area contributed by atoms with Crippen LogP contribution in [-0.4, -0.2) is 33.4 Å². The van der Waals surface area contributed by atoms with Gasteiger partial charge in [-0.25, -0.2) is 4.68 Å². The minimum absolute atomic E-state index is 0.112. The molecule has 0 unspecified atom stereocenters. The molecule has 9 heteroatoms. The van der Waals surface area contributed by atoms with E-state index >= 15 is 0 Å². The molecular weight excluding hydrogens is 362 g/mol. The van der Waals surface area contributed by atoms with Gasteiger partial charge in [0.1, 0.15) is 0 Å². The van der Waals surface area contributed by atoms with Gasteiger partial charge in [-0.1, -0.05) is 30.3 Å². The van der Waals surface area contributed by atoms with Crippen LogP contribution in [0.3, 0.4) is 0 Å². The number of amides is 2. The highest BCUT2D eigenvalue weighted by Crippen LogP contribution is 2.33. The minimum Gasteiger partial charge on any atom is -0.454 e. The molecule has 0 aliphatic carbocycles. The number of ether oxygens (including phenoxy) is 2. The van der Waals surface area contributed by atoms with E-state index in [-0.39, 0.29) is 37.0 Å². The molecule has 140 valence electrons. The number of hydrogen-bond donors (Lipinski definition) is 2. The molecule has 3 heterocycles. The number of aromatic nitrogens is 3. The van der Waals surface area contributed by atoms with Crippen molar-refractivity contribution in [3.63, 3.8) is 0 Å². The summed E-state index contributed by atoms with van der Waals surface area (Å²) < 4.78 is 12.2. The van der Waals surface area contributed by atoms with Gasteiger partial charge in [-0.15, -0.1) is 5.10 Å². The van der Waals surface area contributed by atoms with Crippen molar-refractivity contribution in [3.05, 3.63) is 59.7 Å². The molecule has 0 bridgehead atoms. The summed E-state index contributed by atoms with van der Waals surface area (Å²) >= 11 is 0. The third kappa shape index (κ3) is 2.82. The maximum absolute atomic E-state index is 12.6. The maximum Gasteiger partial charge on any atom is 0.258 e. The van der Waals surface area contributed by atoms with E-state index in [1.54, 1.807) is 22.9 Å². The van der Waals surface area contributed by atoms with Gasteiger partial charge in [-0.3, -0.25) is 20.2 Å². The van der Waals surface area contributed by atoms with Crippen molar-refractivity contribution in [2.24, 2.45) is 0 Å². The number of hydrogen-bond acceptors (Lipinski definition) is 6. The first-order valence-corrected chi connectivity index (χ1v) is 8.70. The summed E-state index contributed by atoms with van der Waals surface area (Å²) in [4.78, 5) is 28.9. The number of anilines is 2. The summed E-state index contributed by atoms with van der Waals surface area (Å²) in [6.45, 7) is 0.135. The van der Waals surface area contributed by atoms with Gasteiger partial charge in [-0.2, -0.15) is 4.98 Å². The summed E-state index contributed by atoms with van der Waals surface area (Å²) in [5, 5.41) is 9.74. The Kier molecular flexibility index (Phi) is 3.71. The number of rotatable bonds is 3. The summed E-state index contributed by atoms with van der Waals surface area (Å²) in [6.07, 6.45) is 0.246. The van der Waals surface area contributed by atoms with Crippen molar-refractivity contribution in [2.75, 3.05) is 17.4 Å². The quantitative estimate of drug-likeness (QED) is 0.725. The third-order valence-electron chi connectivity index (χ3n) is 4.60. The van der Waals surface area contributed by atoms with E-state index in [0.717, 1.165) is 5.56 Å². The molecule has 2 aliphatic heterocycles. The molecule has 2 aromatic carbocycles. The lowest BCUT2D eigenvalue weighted by molar-refractivity contribution is -0.117. The highest BCUT2D eigenvalue weighted by molar-refractivity contribution is 6.04. The topological polar surface area (TPSA) is 107 Å². The Bertz CT molecular complexity index is 1080. The molecule has 5 rings (SSSR count). The van der Waals surface area contributed by atoms with Gasteiger partial charge >= 0.3 is 0 Å². The molecule has 0 radical (unpaired) electrons. The lowest BCUT2D eigenvalue weighted by atomic mass is 10.0. The van der Waals surface area contributed by atoms with Crippen LogP contribution in [0.2, 0.25) is 0 Å². The van der Waals surface area contributed by atoms with Gasteiger partial charge in [0.2, 0.25) is 18.6 Å². The van der Waals surface area contributed by atoms with Crippen LogP contribution in [0.5, 0.6) is 11.5 Å². The van der Waals surface area contributed by atoms with E-state index in [1.165, 1.54) is 0 Å². The molecule has 0 spiro atoms. The van der Waals surface area contributed by atoms with Crippen molar-refractivity contribution >= 4 is 23.7 Å². The zero-order valence-corrected chi connectivity index (χ0v) is 14.6. The van der Waals surface area contributed by atoms with Gasteiger partial charge < -0.3 is 9.47 Å². The second-order valence-electron chi connectivity index (χ2n) is 6.40. The van der Waals surface area contributed by atoms with E-state index < -0.39 is 0 Å². The van der Waals surface area contributed by atoms with E-state index in [4.69, 9.17) is 9.47 Å². The van der Waals surface area contributed by atoms with Crippen LogP contribution in [0.25, 0.3) is 0 Å². The first-order chi connectivity index (χ1) is 13.7. The van der Waals surface area contributed by atoms with Crippen LogP contribution in [0.15, 0.2) is 48.5 Å². The van der Waals surface area contributed by atoms with Gasteiger partial charge in [-0.05, 0) is 23.8 Å². The fourth-order valence-corrected chi connectivity index (χ4v) is 3.26. The Labute approximate surface area is 159 Å². The van der Waals surface area contributed by atoms with Crippen LogP contribution in [-0.2, 0) is 4.79 Å². The highest BCUT2D eigenvalue weighted by atomic mass is 16.7. The van der Waals surface area contributed by atoms with Crippen molar-refractivity contribution in [3.8, 4) is 11.5 Å². The van der Waals surface area contributed by atoms with Crippen LogP contribution in [0.4, 0.5) is 11.9 Å². The number of carbonyl (C=O) groups is 2. The minimum atomic E-state index is -0.385. The van der Waals surface area contributed by atoms with E-state index in [0.29, 0.717) is 23.0 Å². The van der Waals surface area contributed by atoms with Crippen LogP contribution >= 0.6 is 0 Å². The molecule has 1 aromatic heterocycles. The average Bonchev–Trinajstić information content (AvgIpc) is 3.33. The predicted octanol–water partition coefficient (Wildman–Crippen LogP) is 2.19. The molecule has 9 nitrogen and oxygen atoms in total. The number of carbonyl (C=O) groups excluding carboxylic acids is 2. The van der Waals surface area contributed by atoms with Gasteiger partial charge in [0, 0.05) is 5.56 Å². The molecule has 0 fully saturated rings. The van der Waals surface area contributed by atoms with Crippen LogP contribution in [0, 0.1) is 0 Å². The first kappa shape index (κ1) is 16.3. The molecule has 0 saturated carbocycles. The molecule has 1 atom stereocenters. The van der Waals surface area contributed by atoms with Crippen LogP contribution in [0.1, 0.15) is 28.4 Å². The van der Waals surface area contributed by atoms with Gasteiger partial charge in [0.15, 0.2) is 11.5 Å². The Morgan fingerprint density at radius 3 is 2.82 bits per heavy atom. The summed E-state index contributed by atoms with van der Waals surface area (Å²) in [5.41, 5.74) is 1.33. The Morgan fingerprint density at radius 1 is 1.14 bits per heavy atom. The predicted molar refractivity (Wildman–Crippen MR) is 98.4 cm³/mol. The van der Waals surface area contributed by atoms with E-state index in [9.17, 15) is 9.59 Å². The smallest absolute Gasteiger partial charge is 0.258 e. The number of nitrogens with one attached hydrogen (secondary N) is 2. The Hall–Kier alpha value is -3.88. The molecule has 28 heavy (non-hydrogen) atoms. The lowest BCUT2D eigenvalue weighted by Crippen LogP contribution is -2.29. The third-order valence-corrected chi connectivity index (χ3v) is 4.60. The van der Waals surface area contributed by atoms with Gasteiger partial charge in [0.05, 0.1) is 12.5 Å². The molecule has 3 aromatic rings. The molecule has 2 N–H and O–H groups in total. The monoisotopic (exact) mass is 377 g/mol. The fraction of sp³-hybridized carbons (Fsp3) is 0.158. The maximum atomic E-state index is 12.6. The molecule has 2 amide bonds. The van der Waals surface area contributed by atoms with E-state index in [2.05, 4.69) is 20.7 Å². The number of fused-ring (bicyclic) bond motifs is 2. The van der Waals surface area contributed by atoms with Crippen molar-refractivity contribution < 1.29 is 19.1 Å². The first-order valence-electron chi connectivity index (χ1n) is 8.70. The van der Waals surface area contributed by atoms with E-state index in [1.807, 2.05) is 30.3 Å². The SMILES string of the molecule is O=C1C[C@H](c2ccccc2)n2nc(NC(=O)c3ccc4c(c3)OCO4)nc2N1. The zero-order chi connectivity index (χ0) is 19.1. The standard InChI is InChI=1S/C19H15N5O4/c25-16-9-13(11-4-2-1-3-5-11)24-19(20-16)22-18(23-24)21-17(26)12-6-7-14-15(8-12)28-10-27-14/h1-8,13H,9-10H2,(H2,20,21,22,23,25,26)/t13-/m1/s1. The normalized spacial score (nSPS) is 17.0. The molecule has 2 aliphatic rings. The molecular formula is C19H15N5O4. The highest BCUT2D eigenvalue weighted by Gasteiger charge is 2.29. The summed E-state index contributed by atoms with van der Waals surface area (Å²) in [5.74, 6) is 0.986. The largest absolute Gasteiger partial charge is 0.454 e. The summed E-state index contributed by atoms with van der Waals surface area (Å²) in [6, 6.07) is 14.2. The van der Waals surface area contributed by atoms with Crippen LogP contribution < -0.4 is 20.1 Å². The lowest BCUT2D eigenvalue weighted by Gasteiger charge is -2.23.